The van der Waals surface area contributed by atoms with E-state index in [1.165, 1.54) is 6.33 Å². The monoisotopic (exact) mass is 282 g/mol. The summed E-state index contributed by atoms with van der Waals surface area (Å²) in [6.07, 6.45) is 5.73. The van der Waals surface area contributed by atoms with Crippen LogP contribution in [-0.4, -0.2) is 24.7 Å². The van der Waals surface area contributed by atoms with E-state index in [1.807, 2.05) is 23.0 Å². The van der Waals surface area contributed by atoms with Crippen molar-refractivity contribution in [3.63, 3.8) is 0 Å². The third-order valence-electron chi connectivity index (χ3n) is 3.30. The molecular weight excluding hydrogens is 264 g/mol. The second-order valence-electron chi connectivity index (χ2n) is 6.02. The molecule has 0 aliphatic carbocycles. The van der Waals surface area contributed by atoms with Crippen molar-refractivity contribution in [1.82, 2.24) is 24.7 Å². The first-order valence-electron chi connectivity index (χ1n) is 6.84. The maximum absolute atomic E-state index is 6.05. The first-order chi connectivity index (χ1) is 9.97. The highest BCUT2D eigenvalue weighted by molar-refractivity contribution is 5.88. The number of rotatable bonds is 2. The molecule has 108 valence electrons. The number of pyridine rings is 1. The van der Waals surface area contributed by atoms with E-state index >= 15 is 0 Å². The zero-order chi connectivity index (χ0) is 15.0. The molecule has 3 aromatic heterocycles. The van der Waals surface area contributed by atoms with Gasteiger partial charge < -0.3 is 5.73 Å². The Labute approximate surface area is 123 Å². The van der Waals surface area contributed by atoms with Crippen molar-refractivity contribution in [3.8, 4) is 0 Å². The van der Waals surface area contributed by atoms with E-state index in [-0.39, 0.29) is 5.54 Å². The Morgan fingerprint density at radius 2 is 2.05 bits per heavy atom. The Morgan fingerprint density at radius 3 is 2.71 bits per heavy atom. The molecule has 3 heterocycles. The predicted molar refractivity (Wildman–Crippen MR) is 81.8 cm³/mol. The summed E-state index contributed by atoms with van der Waals surface area (Å²) in [5.41, 5.74) is 8.61. The molecule has 3 aromatic rings. The Kier molecular flexibility index (Phi) is 3.08. The maximum atomic E-state index is 6.05. The van der Waals surface area contributed by atoms with Crippen LogP contribution in [0.15, 0.2) is 30.9 Å². The fraction of sp³-hybridized carbons (Fsp3) is 0.333. The highest BCUT2D eigenvalue weighted by atomic mass is 15.3. The van der Waals surface area contributed by atoms with Crippen LogP contribution < -0.4 is 5.73 Å². The summed E-state index contributed by atoms with van der Waals surface area (Å²) < 4.78 is 1.91. The molecule has 0 amide bonds. The van der Waals surface area contributed by atoms with Crippen LogP contribution >= 0.6 is 0 Å². The van der Waals surface area contributed by atoms with Gasteiger partial charge in [0.05, 0.1) is 16.6 Å². The van der Waals surface area contributed by atoms with Gasteiger partial charge >= 0.3 is 0 Å². The van der Waals surface area contributed by atoms with Crippen LogP contribution in [-0.2, 0) is 12.0 Å². The number of nitrogens with zero attached hydrogens (tertiary/aromatic N) is 5. The summed E-state index contributed by atoms with van der Waals surface area (Å²) in [7, 11) is 0. The molecule has 0 aliphatic rings. The molecule has 21 heavy (non-hydrogen) atoms. The van der Waals surface area contributed by atoms with Crippen LogP contribution in [0.25, 0.3) is 11.0 Å². The molecule has 2 N–H and O–H groups in total. The van der Waals surface area contributed by atoms with Gasteiger partial charge in [0.2, 0.25) is 0 Å². The number of aromatic nitrogens is 5. The molecule has 0 aliphatic heterocycles. The quantitative estimate of drug-likeness (QED) is 0.778. The fourth-order valence-corrected chi connectivity index (χ4v) is 2.33. The largest absolute Gasteiger partial charge is 0.383 e. The van der Waals surface area contributed by atoms with E-state index in [4.69, 9.17) is 10.8 Å². The molecule has 0 bridgehead atoms. The van der Waals surface area contributed by atoms with Crippen LogP contribution in [0.2, 0.25) is 0 Å². The van der Waals surface area contributed by atoms with Crippen molar-refractivity contribution in [3.05, 3.63) is 42.1 Å². The van der Waals surface area contributed by atoms with Gasteiger partial charge in [0.15, 0.2) is 5.65 Å². The summed E-state index contributed by atoms with van der Waals surface area (Å²) >= 11 is 0. The number of anilines is 1. The van der Waals surface area contributed by atoms with Gasteiger partial charge in [-0.3, -0.25) is 4.98 Å². The normalized spacial score (nSPS) is 12.0. The lowest BCUT2D eigenvalue weighted by molar-refractivity contribution is 0.363. The Bertz CT molecular complexity index is 770. The predicted octanol–water partition coefficient (Wildman–Crippen LogP) is 2.15. The molecule has 0 atom stereocenters. The minimum atomic E-state index is -0.174. The molecule has 0 saturated carbocycles. The standard InChI is InChI=1S/C15H18N6/c1-15(2,3)21-14-12(13(16)18-9-19-14)11(20-21)7-10-5-4-6-17-8-10/h4-6,8-9H,7H2,1-3H3,(H2,16,18,19). The first-order valence-corrected chi connectivity index (χ1v) is 6.84. The highest BCUT2D eigenvalue weighted by Gasteiger charge is 2.23. The Morgan fingerprint density at radius 1 is 1.24 bits per heavy atom. The van der Waals surface area contributed by atoms with Crippen molar-refractivity contribution in [2.45, 2.75) is 32.7 Å². The first kappa shape index (κ1) is 13.5. The zero-order valence-electron chi connectivity index (χ0n) is 12.4. The summed E-state index contributed by atoms with van der Waals surface area (Å²) in [6.45, 7) is 6.27. The van der Waals surface area contributed by atoms with Crippen molar-refractivity contribution < 1.29 is 0 Å². The van der Waals surface area contributed by atoms with Gasteiger partial charge in [0, 0.05) is 18.8 Å². The number of hydrogen-bond acceptors (Lipinski definition) is 5. The van der Waals surface area contributed by atoms with Crippen molar-refractivity contribution >= 4 is 16.9 Å². The lowest BCUT2D eigenvalue weighted by Gasteiger charge is -2.19. The van der Waals surface area contributed by atoms with Gasteiger partial charge in [-0.2, -0.15) is 5.10 Å². The van der Waals surface area contributed by atoms with E-state index in [2.05, 4.69) is 35.7 Å². The van der Waals surface area contributed by atoms with E-state index in [9.17, 15) is 0 Å². The average Bonchev–Trinajstić information content (AvgIpc) is 2.80. The number of fused-ring (bicyclic) bond motifs is 1. The topological polar surface area (TPSA) is 82.5 Å². The molecule has 0 aromatic carbocycles. The zero-order valence-corrected chi connectivity index (χ0v) is 12.4. The Hall–Kier alpha value is -2.50. The average molecular weight is 282 g/mol. The molecule has 0 spiro atoms. The molecule has 6 heteroatoms. The highest BCUT2D eigenvalue weighted by Crippen LogP contribution is 2.27. The third kappa shape index (κ3) is 2.44. The van der Waals surface area contributed by atoms with Crippen molar-refractivity contribution in [1.29, 1.82) is 0 Å². The third-order valence-corrected chi connectivity index (χ3v) is 3.30. The lowest BCUT2D eigenvalue weighted by Crippen LogP contribution is -2.23. The van der Waals surface area contributed by atoms with Crippen molar-refractivity contribution in [2.75, 3.05) is 5.73 Å². The van der Waals surface area contributed by atoms with Gasteiger partial charge in [0.1, 0.15) is 12.1 Å². The maximum Gasteiger partial charge on any atom is 0.164 e. The number of nitrogen functional groups attached to an aromatic ring is 1. The van der Waals surface area contributed by atoms with E-state index < -0.39 is 0 Å². The fourth-order valence-electron chi connectivity index (χ4n) is 2.33. The van der Waals surface area contributed by atoms with Gasteiger partial charge in [-0.05, 0) is 32.4 Å². The van der Waals surface area contributed by atoms with Gasteiger partial charge in [-0.15, -0.1) is 0 Å². The molecule has 3 rings (SSSR count). The second kappa shape index (κ2) is 4.80. The molecule has 0 saturated heterocycles. The van der Waals surface area contributed by atoms with E-state index in [0.29, 0.717) is 12.2 Å². The molecule has 0 fully saturated rings. The number of nitrogens with two attached hydrogens (primary N) is 1. The van der Waals surface area contributed by atoms with E-state index in [0.717, 1.165) is 22.3 Å². The minimum absolute atomic E-state index is 0.174. The molecule has 0 unspecified atom stereocenters. The minimum Gasteiger partial charge on any atom is -0.383 e. The molecule has 6 nitrogen and oxygen atoms in total. The van der Waals surface area contributed by atoms with Gasteiger partial charge in [-0.25, -0.2) is 14.6 Å². The smallest absolute Gasteiger partial charge is 0.164 e. The van der Waals surface area contributed by atoms with Crippen LogP contribution in [0, 0.1) is 0 Å². The summed E-state index contributed by atoms with van der Waals surface area (Å²) in [5.74, 6) is 0.467. The van der Waals surface area contributed by atoms with E-state index in [1.54, 1.807) is 6.20 Å². The van der Waals surface area contributed by atoms with Crippen LogP contribution in [0.5, 0.6) is 0 Å². The van der Waals surface area contributed by atoms with Crippen LogP contribution in [0.3, 0.4) is 0 Å². The molecule has 0 radical (unpaired) electrons. The van der Waals surface area contributed by atoms with Crippen molar-refractivity contribution in [2.24, 2.45) is 0 Å². The van der Waals surface area contributed by atoms with Crippen LogP contribution in [0.1, 0.15) is 32.0 Å². The summed E-state index contributed by atoms with van der Waals surface area (Å²) in [5, 5.41) is 5.55. The lowest BCUT2D eigenvalue weighted by atomic mass is 10.1. The Balaban J connectivity index is 2.19. The van der Waals surface area contributed by atoms with Gasteiger partial charge in [-0.1, -0.05) is 6.07 Å². The SMILES string of the molecule is CC(C)(C)n1nc(Cc2cccnc2)c2c(N)ncnc21. The molecular formula is C15H18N6. The summed E-state index contributed by atoms with van der Waals surface area (Å²) in [4.78, 5) is 12.6. The summed E-state index contributed by atoms with van der Waals surface area (Å²) in [6, 6.07) is 3.94. The van der Waals surface area contributed by atoms with Crippen LogP contribution in [0.4, 0.5) is 5.82 Å². The number of hydrogen-bond donors (Lipinski definition) is 1. The van der Waals surface area contributed by atoms with Gasteiger partial charge in [0.25, 0.3) is 0 Å². The second-order valence-corrected chi connectivity index (χ2v) is 6.02.